The third-order valence-corrected chi connectivity index (χ3v) is 3.65. The number of nitro groups is 1. The number of nitro benzene ring substituents is 1. The van der Waals surface area contributed by atoms with E-state index < -0.39 is 10.9 Å². The second-order valence-corrected chi connectivity index (χ2v) is 5.21. The van der Waals surface area contributed by atoms with Crippen LogP contribution in [0.2, 0.25) is 10.0 Å². The van der Waals surface area contributed by atoms with E-state index in [1.54, 1.807) is 18.2 Å². The van der Waals surface area contributed by atoms with Crippen LogP contribution in [0.4, 0.5) is 11.4 Å². The van der Waals surface area contributed by atoms with Gasteiger partial charge < -0.3 is 10.4 Å². The fourth-order valence-electron chi connectivity index (χ4n) is 1.82. The standard InChI is InChI=1S/C14H10Cl2N2O4/c15-11-3-1-8(5-12(11)16)7-17-13-4-2-9(18(21)22)6-10(13)14(19)20/h1-6,17H,7H2,(H,19,20). The summed E-state index contributed by atoms with van der Waals surface area (Å²) in [6.45, 7) is 0.301. The molecular weight excluding hydrogens is 331 g/mol. The average molecular weight is 341 g/mol. The predicted octanol–water partition coefficient (Wildman–Crippen LogP) is 4.21. The zero-order valence-corrected chi connectivity index (χ0v) is 12.6. The van der Waals surface area contributed by atoms with Crippen LogP contribution in [0.15, 0.2) is 36.4 Å². The first kappa shape index (κ1) is 16.1. The zero-order valence-electron chi connectivity index (χ0n) is 11.0. The van der Waals surface area contributed by atoms with Gasteiger partial charge in [-0.3, -0.25) is 10.1 Å². The molecule has 8 heteroatoms. The number of anilines is 1. The van der Waals surface area contributed by atoms with E-state index in [-0.39, 0.29) is 16.9 Å². The van der Waals surface area contributed by atoms with Gasteiger partial charge in [0.2, 0.25) is 0 Å². The van der Waals surface area contributed by atoms with Crippen molar-refractivity contribution in [1.82, 2.24) is 0 Å². The normalized spacial score (nSPS) is 10.3. The summed E-state index contributed by atoms with van der Waals surface area (Å²) in [5.74, 6) is -1.25. The second kappa shape index (κ2) is 6.64. The molecule has 0 spiro atoms. The van der Waals surface area contributed by atoms with Crippen LogP contribution in [0.1, 0.15) is 15.9 Å². The van der Waals surface area contributed by atoms with Crippen LogP contribution >= 0.6 is 23.2 Å². The first-order valence-corrected chi connectivity index (χ1v) is 6.83. The molecule has 2 aromatic rings. The summed E-state index contributed by atoms with van der Waals surface area (Å²) >= 11 is 11.7. The molecule has 0 atom stereocenters. The highest BCUT2D eigenvalue weighted by atomic mass is 35.5. The first-order valence-electron chi connectivity index (χ1n) is 6.08. The topological polar surface area (TPSA) is 92.5 Å². The van der Waals surface area contributed by atoms with Crippen molar-refractivity contribution in [1.29, 1.82) is 0 Å². The van der Waals surface area contributed by atoms with Crippen LogP contribution in [-0.4, -0.2) is 16.0 Å². The molecule has 0 bridgehead atoms. The van der Waals surface area contributed by atoms with Crippen LogP contribution in [0.3, 0.4) is 0 Å². The fourth-order valence-corrected chi connectivity index (χ4v) is 2.14. The fraction of sp³-hybridized carbons (Fsp3) is 0.0714. The summed E-state index contributed by atoms with van der Waals surface area (Å²) < 4.78 is 0. The van der Waals surface area contributed by atoms with Gasteiger partial charge in [-0.05, 0) is 23.8 Å². The van der Waals surface area contributed by atoms with Gasteiger partial charge in [0.25, 0.3) is 5.69 Å². The number of hydrogen-bond acceptors (Lipinski definition) is 4. The van der Waals surface area contributed by atoms with E-state index >= 15 is 0 Å². The number of benzene rings is 2. The first-order chi connectivity index (χ1) is 10.4. The number of carboxylic acid groups (broad SMARTS) is 1. The van der Waals surface area contributed by atoms with Crippen LogP contribution in [0.5, 0.6) is 0 Å². The Balaban J connectivity index is 2.23. The Morgan fingerprint density at radius 3 is 2.50 bits per heavy atom. The molecule has 0 heterocycles. The zero-order chi connectivity index (χ0) is 16.3. The van der Waals surface area contributed by atoms with Crippen LogP contribution in [0, 0.1) is 10.1 Å². The maximum Gasteiger partial charge on any atom is 0.338 e. The highest BCUT2D eigenvalue weighted by molar-refractivity contribution is 6.42. The smallest absolute Gasteiger partial charge is 0.338 e. The molecule has 114 valence electrons. The number of aromatic carboxylic acids is 1. The van der Waals surface area contributed by atoms with Crippen molar-refractivity contribution in [2.24, 2.45) is 0 Å². The monoisotopic (exact) mass is 340 g/mol. The van der Waals surface area contributed by atoms with Crippen LogP contribution in [-0.2, 0) is 6.54 Å². The van der Waals surface area contributed by atoms with Gasteiger partial charge in [-0.2, -0.15) is 0 Å². The van der Waals surface area contributed by atoms with Gasteiger partial charge in [-0.1, -0.05) is 29.3 Å². The van der Waals surface area contributed by atoms with E-state index in [1.165, 1.54) is 12.1 Å². The van der Waals surface area contributed by atoms with E-state index in [9.17, 15) is 14.9 Å². The summed E-state index contributed by atoms with van der Waals surface area (Å²) in [6.07, 6.45) is 0. The van der Waals surface area contributed by atoms with Gasteiger partial charge in [-0.25, -0.2) is 4.79 Å². The number of halogens is 2. The van der Waals surface area contributed by atoms with E-state index in [2.05, 4.69) is 5.32 Å². The maximum atomic E-state index is 11.2. The van der Waals surface area contributed by atoms with Gasteiger partial charge in [0.15, 0.2) is 0 Å². The van der Waals surface area contributed by atoms with Crippen LogP contribution < -0.4 is 5.32 Å². The Morgan fingerprint density at radius 1 is 1.18 bits per heavy atom. The van der Waals surface area contributed by atoms with Crippen molar-refractivity contribution in [3.8, 4) is 0 Å². The Labute approximate surface area is 135 Å². The van der Waals surface area contributed by atoms with E-state index in [4.69, 9.17) is 28.3 Å². The number of carbonyl (C=O) groups is 1. The molecule has 0 amide bonds. The summed E-state index contributed by atoms with van der Waals surface area (Å²) in [6, 6.07) is 8.65. The predicted molar refractivity (Wildman–Crippen MR) is 83.8 cm³/mol. The summed E-state index contributed by atoms with van der Waals surface area (Å²) in [5, 5.41) is 23.6. The number of rotatable bonds is 5. The quantitative estimate of drug-likeness (QED) is 0.628. The van der Waals surface area contributed by atoms with Gasteiger partial charge in [-0.15, -0.1) is 0 Å². The minimum Gasteiger partial charge on any atom is -0.478 e. The Bertz CT molecular complexity index is 750. The molecule has 0 saturated carbocycles. The summed E-state index contributed by atoms with van der Waals surface area (Å²) in [5.41, 5.74) is 0.625. The maximum absolute atomic E-state index is 11.2. The molecule has 0 aromatic heterocycles. The Kier molecular flexibility index (Phi) is 4.85. The average Bonchev–Trinajstić information content (AvgIpc) is 2.48. The molecule has 2 aromatic carbocycles. The van der Waals surface area contributed by atoms with Gasteiger partial charge in [0, 0.05) is 24.4 Å². The molecule has 6 nitrogen and oxygen atoms in total. The van der Waals surface area contributed by atoms with Crippen molar-refractivity contribution in [3.05, 3.63) is 67.7 Å². The molecule has 0 radical (unpaired) electrons. The van der Waals surface area contributed by atoms with E-state index in [0.717, 1.165) is 11.6 Å². The molecule has 0 unspecified atom stereocenters. The number of nitrogens with one attached hydrogen (secondary N) is 1. The van der Waals surface area contributed by atoms with Crippen molar-refractivity contribution in [3.63, 3.8) is 0 Å². The minimum atomic E-state index is -1.25. The third kappa shape index (κ3) is 3.66. The Morgan fingerprint density at radius 2 is 1.91 bits per heavy atom. The van der Waals surface area contributed by atoms with Crippen LogP contribution in [0.25, 0.3) is 0 Å². The molecule has 0 aliphatic rings. The molecule has 2 rings (SSSR count). The molecule has 0 aliphatic heterocycles. The lowest BCUT2D eigenvalue weighted by Crippen LogP contribution is -2.07. The van der Waals surface area contributed by atoms with Gasteiger partial charge in [0.1, 0.15) is 0 Å². The number of hydrogen-bond donors (Lipinski definition) is 2. The van der Waals surface area contributed by atoms with Crippen molar-refractivity contribution in [2.75, 3.05) is 5.32 Å². The van der Waals surface area contributed by atoms with Gasteiger partial charge in [0.05, 0.1) is 20.5 Å². The van der Waals surface area contributed by atoms with E-state index in [1.807, 2.05) is 0 Å². The lowest BCUT2D eigenvalue weighted by molar-refractivity contribution is -0.384. The largest absolute Gasteiger partial charge is 0.478 e. The molecule has 2 N–H and O–H groups in total. The number of nitrogens with zero attached hydrogens (tertiary/aromatic N) is 1. The van der Waals surface area contributed by atoms with Gasteiger partial charge >= 0.3 is 5.97 Å². The highest BCUT2D eigenvalue weighted by Gasteiger charge is 2.15. The third-order valence-electron chi connectivity index (χ3n) is 2.91. The summed E-state index contributed by atoms with van der Waals surface area (Å²) in [7, 11) is 0. The second-order valence-electron chi connectivity index (χ2n) is 4.39. The number of carboxylic acids is 1. The Hall–Kier alpha value is -2.31. The number of non-ortho nitro benzene ring substituents is 1. The molecule has 0 saturated heterocycles. The molecule has 0 aliphatic carbocycles. The SMILES string of the molecule is O=C(O)c1cc([N+](=O)[O-])ccc1NCc1ccc(Cl)c(Cl)c1. The van der Waals surface area contributed by atoms with E-state index in [0.29, 0.717) is 16.6 Å². The lowest BCUT2D eigenvalue weighted by Gasteiger charge is -2.10. The van der Waals surface area contributed by atoms with Crippen molar-refractivity contribution in [2.45, 2.75) is 6.54 Å². The van der Waals surface area contributed by atoms with Crippen molar-refractivity contribution >= 4 is 40.5 Å². The lowest BCUT2D eigenvalue weighted by atomic mass is 10.1. The van der Waals surface area contributed by atoms with Crippen molar-refractivity contribution < 1.29 is 14.8 Å². The minimum absolute atomic E-state index is 0.172. The molecule has 0 fully saturated rings. The highest BCUT2D eigenvalue weighted by Crippen LogP contribution is 2.25. The molecular formula is C14H10Cl2N2O4. The molecule has 22 heavy (non-hydrogen) atoms. The summed E-state index contributed by atoms with van der Waals surface area (Å²) in [4.78, 5) is 21.3.